The van der Waals surface area contributed by atoms with Crippen LogP contribution in [0.4, 0.5) is 0 Å². The van der Waals surface area contributed by atoms with Crippen LogP contribution < -0.4 is 5.32 Å². The Morgan fingerprint density at radius 1 is 1.35 bits per heavy atom. The first-order valence-corrected chi connectivity index (χ1v) is 6.85. The topological polar surface area (TPSA) is 15.3 Å². The van der Waals surface area contributed by atoms with Crippen molar-refractivity contribution >= 4 is 15.9 Å². The van der Waals surface area contributed by atoms with Crippen LogP contribution in [0.5, 0.6) is 0 Å². The van der Waals surface area contributed by atoms with E-state index in [2.05, 4.69) is 71.3 Å². The number of rotatable bonds is 6. The summed E-state index contributed by atoms with van der Waals surface area (Å²) < 4.78 is 1.16. The van der Waals surface area contributed by atoms with E-state index in [-0.39, 0.29) is 5.54 Å². The van der Waals surface area contributed by atoms with Gasteiger partial charge in [0.1, 0.15) is 0 Å². The molecule has 1 aromatic carbocycles. The van der Waals surface area contributed by atoms with E-state index in [0.29, 0.717) is 0 Å². The number of likely N-dealkylation sites (N-methyl/N-ethyl adjacent to an activating group) is 2. The molecule has 0 unspecified atom stereocenters. The Morgan fingerprint density at radius 3 is 2.65 bits per heavy atom. The fourth-order valence-electron chi connectivity index (χ4n) is 1.86. The van der Waals surface area contributed by atoms with Crippen LogP contribution in [-0.4, -0.2) is 37.6 Å². The van der Waals surface area contributed by atoms with Gasteiger partial charge in [0.25, 0.3) is 0 Å². The standard InChI is InChI=1S/C14H23BrN2/c1-14(2,11-16-3)17(4)9-8-12-6-5-7-13(15)10-12/h5-7,10,16H,8-9,11H2,1-4H3. The van der Waals surface area contributed by atoms with Gasteiger partial charge in [0.2, 0.25) is 0 Å². The first kappa shape index (κ1) is 14.7. The lowest BCUT2D eigenvalue weighted by molar-refractivity contribution is 0.157. The number of nitrogens with one attached hydrogen (secondary N) is 1. The van der Waals surface area contributed by atoms with Crippen molar-refractivity contribution in [1.82, 2.24) is 10.2 Å². The third-order valence-electron chi connectivity index (χ3n) is 3.27. The van der Waals surface area contributed by atoms with Crippen molar-refractivity contribution in [2.75, 3.05) is 27.2 Å². The first-order chi connectivity index (χ1) is 7.95. The molecule has 0 heterocycles. The molecule has 0 radical (unpaired) electrons. The van der Waals surface area contributed by atoms with Crippen LogP contribution >= 0.6 is 15.9 Å². The average molecular weight is 299 g/mol. The molecule has 1 N–H and O–H groups in total. The zero-order valence-corrected chi connectivity index (χ0v) is 12.8. The zero-order valence-electron chi connectivity index (χ0n) is 11.3. The summed E-state index contributed by atoms with van der Waals surface area (Å²) in [5, 5.41) is 3.25. The van der Waals surface area contributed by atoms with Crippen molar-refractivity contribution in [1.29, 1.82) is 0 Å². The van der Waals surface area contributed by atoms with E-state index in [1.54, 1.807) is 0 Å². The SMILES string of the molecule is CNCC(C)(C)N(C)CCc1cccc(Br)c1. The lowest BCUT2D eigenvalue weighted by atomic mass is 10.0. The molecular weight excluding hydrogens is 276 g/mol. The number of nitrogens with zero attached hydrogens (tertiary/aromatic N) is 1. The lowest BCUT2D eigenvalue weighted by Gasteiger charge is -2.35. The van der Waals surface area contributed by atoms with Crippen molar-refractivity contribution < 1.29 is 0 Å². The van der Waals surface area contributed by atoms with Gasteiger partial charge >= 0.3 is 0 Å². The molecule has 0 atom stereocenters. The van der Waals surface area contributed by atoms with E-state index in [1.807, 2.05) is 7.05 Å². The second kappa shape index (κ2) is 6.53. The smallest absolute Gasteiger partial charge is 0.0274 e. The Balaban J connectivity index is 2.50. The zero-order chi connectivity index (χ0) is 12.9. The molecule has 0 aromatic heterocycles. The van der Waals surface area contributed by atoms with E-state index < -0.39 is 0 Å². The van der Waals surface area contributed by atoms with E-state index in [9.17, 15) is 0 Å². The molecular formula is C14H23BrN2. The van der Waals surface area contributed by atoms with Crippen LogP contribution in [0.3, 0.4) is 0 Å². The van der Waals surface area contributed by atoms with E-state index in [4.69, 9.17) is 0 Å². The van der Waals surface area contributed by atoms with Gasteiger partial charge in [-0.25, -0.2) is 0 Å². The molecule has 2 nitrogen and oxygen atoms in total. The van der Waals surface area contributed by atoms with Gasteiger partial charge in [-0.1, -0.05) is 28.1 Å². The summed E-state index contributed by atoms with van der Waals surface area (Å²) in [7, 11) is 4.19. The predicted octanol–water partition coefficient (Wildman–Crippen LogP) is 2.92. The second-order valence-electron chi connectivity index (χ2n) is 5.14. The van der Waals surface area contributed by atoms with E-state index in [0.717, 1.165) is 24.0 Å². The van der Waals surface area contributed by atoms with Crippen molar-refractivity contribution in [3.05, 3.63) is 34.3 Å². The van der Waals surface area contributed by atoms with Gasteiger partial charge in [-0.3, -0.25) is 4.90 Å². The Labute approximate surface area is 114 Å². The summed E-state index contributed by atoms with van der Waals surface area (Å²) in [4.78, 5) is 2.41. The van der Waals surface area contributed by atoms with Crippen LogP contribution in [0.1, 0.15) is 19.4 Å². The lowest BCUT2D eigenvalue weighted by Crippen LogP contribution is -2.48. The number of hydrogen-bond acceptors (Lipinski definition) is 2. The van der Waals surface area contributed by atoms with Crippen LogP contribution in [-0.2, 0) is 6.42 Å². The molecule has 0 fully saturated rings. The molecule has 0 bridgehead atoms. The maximum absolute atomic E-state index is 3.51. The van der Waals surface area contributed by atoms with Crippen molar-refractivity contribution in [3.8, 4) is 0 Å². The molecule has 3 heteroatoms. The van der Waals surface area contributed by atoms with Gasteiger partial charge in [0, 0.05) is 23.1 Å². The van der Waals surface area contributed by atoms with Crippen LogP contribution in [0.15, 0.2) is 28.7 Å². The van der Waals surface area contributed by atoms with Crippen molar-refractivity contribution in [2.24, 2.45) is 0 Å². The van der Waals surface area contributed by atoms with Crippen molar-refractivity contribution in [3.63, 3.8) is 0 Å². The average Bonchev–Trinajstić information content (AvgIpc) is 2.26. The normalized spacial score (nSPS) is 12.1. The van der Waals surface area contributed by atoms with Gasteiger partial charge in [-0.15, -0.1) is 0 Å². The van der Waals surface area contributed by atoms with E-state index in [1.165, 1.54) is 5.56 Å². The van der Waals surface area contributed by atoms with Gasteiger partial charge in [-0.2, -0.15) is 0 Å². The van der Waals surface area contributed by atoms with Gasteiger partial charge in [0.15, 0.2) is 0 Å². The number of halogens is 1. The molecule has 96 valence electrons. The minimum atomic E-state index is 0.195. The third kappa shape index (κ3) is 4.78. The minimum Gasteiger partial charge on any atom is -0.318 e. The summed E-state index contributed by atoms with van der Waals surface area (Å²) in [6, 6.07) is 8.54. The minimum absolute atomic E-state index is 0.195. The fourth-order valence-corrected chi connectivity index (χ4v) is 2.31. The molecule has 0 aliphatic heterocycles. The summed E-state index contributed by atoms with van der Waals surface area (Å²) in [6.07, 6.45) is 1.09. The number of benzene rings is 1. The van der Waals surface area contributed by atoms with Crippen LogP contribution in [0, 0.1) is 0 Å². The molecule has 0 aliphatic carbocycles. The molecule has 0 saturated heterocycles. The van der Waals surface area contributed by atoms with Gasteiger partial charge in [0.05, 0.1) is 0 Å². The highest BCUT2D eigenvalue weighted by atomic mass is 79.9. The first-order valence-electron chi connectivity index (χ1n) is 6.06. The molecule has 1 aromatic rings. The molecule has 17 heavy (non-hydrogen) atoms. The van der Waals surface area contributed by atoms with Gasteiger partial charge < -0.3 is 5.32 Å². The van der Waals surface area contributed by atoms with Crippen LogP contribution in [0.25, 0.3) is 0 Å². The Kier molecular flexibility index (Phi) is 5.63. The maximum Gasteiger partial charge on any atom is 0.0274 e. The molecule has 0 saturated carbocycles. The number of hydrogen-bond donors (Lipinski definition) is 1. The summed E-state index contributed by atoms with van der Waals surface area (Å²) in [6.45, 7) is 6.61. The molecule has 1 rings (SSSR count). The maximum atomic E-state index is 3.51. The summed E-state index contributed by atoms with van der Waals surface area (Å²) in [5.41, 5.74) is 1.58. The molecule has 0 spiro atoms. The largest absolute Gasteiger partial charge is 0.318 e. The fraction of sp³-hybridized carbons (Fsp3) is 0.571. The van der Waals surface area contributed by atoms with Crippen molar-refractivity contribution in [2.45, 2.75) is 25.8 Å². The third-order valence-corrected chi connectivity index (χ3v) is 3.76. The molecule has 0 amide bonds. The van der Waals surface area contributed by atoms with Crippen LogP contribution in [0.2, 0.25) is 0 Å². The summed E-state index contributed by atoms with van der Waals surface area (Å²) in [5.74, 6) is 0. The summed E-state index contributed by atoms with van der Waals surface area (Å²) >= 11 is 3.51. The highest BCUT2D eigenvalue weighted by molar-refractivity contribution is 9.10. The Morgan fingerprint density at radius 2 is 2.06 bits per heavy atom. The highest BCUT2D eigenvalue weighted by Crippen LogP contribution is 2.15. The van der Waals surface area contributed by atoms with E-state index >= 15 is 0 Å². The Hall–Kier alpha value is -0.380. The highest BCUT2D eigenvalue weighted by Gasteiger charge is 2.21. The quantitative estimate of drug-likeness (QED) is 0.869. The Bertz CT molecular complexity index is 350. The molecule has 0 aliphatic rings. The van der Waals surface area contributed by atoms with Gasteiger partial charge in [-0.05, 0) is 52.1 Å². The second-order valence-corrected chi connectivity index (χ2v) is 6.06. The predicted molar refractivity (Wildman–Crippen MR) is 78.5 cm³/mol. The monoisotopic (exact) mass is 298 g/mol.